The Labute approximate surface area is 227 Å². The molecule has 1 unspecified atom stereocenters. The fourth-order valence-electron chi connectivity index (χ4n) is 5.27. The summed E-state index contributed by atoms with van der Waals surface area (Å²) in [4.78, 5) is 63.1. The van der Waals surface area contributed by atoms with Gasteiger partial charge in [0.15, 0.2) is 11.5 Å². The van der Waals surface area contributed by atoms with Gasteiger partial charge < -0.3 is 25.7 Å². The van der Waals surface area contributed by atoms with Crippen molar-refractivity contribution in [2.24, 2.45) is 17.8 Å². The molecule has 6 atom stereocenters. The molecule has 0 bridgehead atoms. The van der Waals surface area contributed by atoms with Crippen LogP contribution in [0.25, 0.3) is 0 Å². The number of aromatic hydroxyl groups is 1. The van der Waals surface area contributed by atoms with Gasteiger partial charge in [-0.15, -0.1) is 0 Å². The van der Waals surface area contributed by atoms with Crippen LogP contribution >= 0.6 is 0 Å². The zero-order chi connectivity index (χ0) is 28.3. The van der Waals surface area contributed by atoms with Crippen molar-refractivity contribution >= 4 is 23.5 Å². The third-order valence-electron chi connectivity index (χ3n) is 7.65. The highest BCUT2D eigenvalue weighted by molar-refractivity contribution is 5.98. The number of pyridine rings is 2. The van der Waals surface area contributed by atoms with E-state index in [-0.39, 0.29) is 41.9 Å². The van der Waals surface area contributed by atoms with Gasteiger partial charge in [-0.2, -0.15) is 0 Å². The fourth-order valence-corrected chi connectivity index (χ4v) is 5.27. The van der Waals surface area contributed by atoms with E-state index in [0.717, 1.165) is 18.4 Å². The van der Waals surface area contributed by atoms with E-state index in [0.29, 0.717) is 0 Å². The van der Waals surface area contributed by atoms with Crippen molar-refractivity contribution in [3.05, 3.63) is 54.1 Å². The zero-order valence-corrected chi connectivity index (χ0v) is 22.3. The number of amides is 3. The van der Waals surface area contributed by atoms with Crippen LogP contribution in [0.2, 0.25) is 0 Å². The Bertz CT molecular complexity index is 1220. The number of hydrogen-bond donors (Lipinski definition) is 4. The van der Waals surface area contributed by atoms with Crippen LogP contribution in [-0.4, -0.2) is 79.9 Å². The monoisotopic (exact) mass is 537 g/mol. The lowest BCUT2D eigenvalue weighted by molar-refractivity contribution is -0.146. The van der Waals surface area contributed by atoms with E-state index < -0.39 is 47.9 Å². The summed E-state index contributed by atoms with van der Waals surface area (Å²) in [7, 11) is 1.58. The summed E-state index contributed by atoms with van der Waals surface area (Å²) in [6.45, 7) is 3.26. The lowest BCUT2D eigenvalue weighted by atomic mass is 9.87. The quantitative estimate of drug-likeness (QED) is 0.436. The number of aromatic nitrogens is 2. The third kappa shape index (κ3) is 6.42. The van der Waals surface area contributed by atoms with Crippen LogP contribution in [0, 0.1) is 17.8 Å². The highest BCUT2D eigenvalue weighted by Crippen LogP contribution is 2.37. The van der Waals surface area contributed by atoms with Gasteiger partial charge in [-0.1, -0.05) is 19.9 Å². The Morgan fingerprint density at radius 2 is 1.87 bits per heavy atom. The van der Waals surface area contributed by atoms with Crippen LogP contribution in [0.1, 0.15) is 49.2 Å². The highest BCUT2D eigenvalue weighted by Gasteiger charge is 2.45. The molecule has 11 heteroatoms. The molecule has 1 aliphatic carbocycles. The standard InChI is InChI=1S/C28H35N5O6/c1-15-12-21(35)24(18-8-9-18)33(3)28(39)16(2)25(36)19(13-17-6-4-10-29-14-17)31-26(37)22(15)32-27(38)23-20(34)7-5-11-30-23/h4-7,10-11,14-16,18-19,22,24-25,34,36H,8-9,12-13H2,1-3H3,(H,31,37)(H,32,38)/t15-,16+,19-,22-,24?,25-/m0/s1. The molecule has 0 spiro atoms. The fraction of sp³-hybridized carbons (Fsp3) is 0.500. The Morgan fingerprint density at radius 3 is 2.51 bits per heavy atom. The van der Waals surface area contributed by atoms with E-state index in [1.165, 1.54) is 23.2 Å². The van der Waals surface area contributed by atoms with E-state index in [2.05, 4.69) is 20.6 Å². The van der Waals surface area contributed by atoms with Gasteiger partial charge in [0, 0.05) is 32.1 Å². The largest absolute Gasteiger partial charge is 0.505 e. The van der Waals surface area contributed by atoms with Gasteiger partial charge in [0.25, 0.3) is 5.91 Å². The second kappa shape index (κ2) is 11.9. The molecule has 2 aliphatic rings. The molecule has 2 aromatic rings. The SMILES string of the molecule is C[C@H]1CC(=O)C(C2CC2)N(C)C(=O)[C@H](C)[C@H](O)[C@H](Cc2cccnc2)NC(=O)[C@H]1NC(=O)c1ncccc1O. The summed E-state index contributed by atoms with van der Waals surface area (Å²) in [5.41, 5.74) is 0.483. The number of carbonyl (C=O) groups excluding carboxylic acids is 4. The average Bonchev–Trinajstić information content (AvgIpc) is 3.75. The molecule has 39 heavy (non-hydrogen) atoms. The number of rotatable bonds is 5. The van der Waals surface area contributed by atoms with Gasteiger partial charge in [0.2, 0.25) is 11.8 Å². The van der Waals surface area contributed by atoms with E-state index in [9.17, 15) is 29.4 Å². The first kappa shape index (κ1) is 28.2. The van der Waals surface area contributed by atoms with Gasteiger partial charge in [0.05, 0.1) is 24.1 Å². The van der Waals surface area contributed by atoms with E-state index in [1.807, 2.05) is 0 Å². The van der Waals surface area contributed by atoms with Crippen LogP contribution in [0.15, 0.2) is 42.9 Å². The van der Waals surface area contributed by atoms with Gasteiger partial charge in [-0.25, -0.2) is 4.98 Å². The van der Waals surface area contributed by atoms with Gasteiger partial charge >= 0.3 is 0 Å². The molecule has 3 heterocycles. The minimum atomic E-state index is -1.29. The first-order valence-electron chi connectivity index (χ1n) is 13.2. The number of aliphatic hydroxyl groups is 1. The van der Waals surface area contributed by atoms with Crippen molar-refractivity contribution in [1.82, 2.24) is 25.5 Å². The van der Waals surface area contributed by atoms with E-state index >= 15 is 0 Å². The topological polar surface area (TPSA) is 162 Å². The zero-order valence-electron chi connectivity index (χ0n) is 22.3. The van der Waals surface area contributed by atoms with Crippen molar-refractivity contribution < 1.29 is 29.4 Å². The Kier molecular flexibility index (Phi) is 8.59. The molecular weight excluding hydrogens is 502 g/mol. The lowest BCUT2D eigenvalue weighted by Crippen LogP contribution is -2.59. The van der Waals surface area contributed by atoms with Gasteiger partial charge in [-0.3, -0.25) is 24.2 Å². The van der Waals surface area contributed by atoms with Crippen LogP contribution in [0.3, 0.4) is 0 Å². The lowest BCUT2D eigenvalue weighted by Gasteiger charge is -2.36. The van der Waals surface area contributed by atoms with E-state index in [4.69, 9.17) is 0 Å². The molecule has 208 valence electrons. The summed E-state index contributed by atoms with van der Waals surface area (Å²) in [5, 5.41) is 26.9. The molecular formula is C28H35N5O6. The second-order valence-electron chi connectivity index (χ2n) is 10.7. The van der Waals surface area contributed by atoms with Crippen LogP contribution < -0.4 is 10.6 Å². The smallest absolute Gasteiger partial charge is 0.274 e. The number of hydrogen-bond acceptors (Lipinski definition) is 8. The Morgan fingerprint density at radius 1 is 1.15 bits per heavy atom. The minimum Gasteiger partial charge on any atom is -0.505 e. The minimum absolute atomic E-state index is 0.0180. The maximum Gasteiger partial charge on any atom is 0.274 e. The number of likely N-dealkylation sites (N-methyl/N-ethyl adjacent to an activating group) is 1. The first-order valence-corrected chi connectivity index (χ1v) is 13.2. The number of aliphatic hydroxyl groups excluding tert-OH is 1. The van der Waals surface area contributed by atoms with Crippen molar-refractivity contribution in [2.45, 2.75) is 63.8 Å². The molecule has 3 amide bonds. The number of nitrogens with zero attached hydrogens (tertiary/aromatic N) is 3. The molecule has 2 aromatic heterocycles. The van der Waals surface area contributed by atoms with Gasteiger partial charge in [-0.05, 0) is 54.9 Å². The number of ketones is 1. The Hall–Kier alpha value is -3.86. The molecule has 11 nitrogen and oxygen atoms in total. The number of nitrogens with one attached hydrogen (secondary N) is 2. The van der Waals surface area contributed by atoms with Crippen molar-refractivity contribution in [3.63, 3.8) is 0 Å². The third-order valence-corrected chi connectivity index (χ3v) is 7.65. The maximum absolute atomic E-state index is 13.7. The first-order chi connectivity index (χ1) is 18.6. The number of Topliss-reactive ketones (excluding diaryl/α,β-unsaturated/α-hetero) is 1. The van der Waals surface area contributed by atoms with Crippen LogP contribution in [0.4, 0.5) is 0 Å². The highest BCUT2D eigenvalue weighted by atomic mass is 16.3. The van der Waals surface area contributed by atoms with E-state index in [1.54, 1.807) is 45.4 Å². The van der Waals surface area contributed by atoms with Crippen molar-refractivity contribution in [2.75, 3.05) is 7.05 Å². The maximum atomic E-state index is 13.7. The Balaban J connectivity index is 1.70. The average molecular weight is 538 g/mol. The van der Waals surface area contributed by atoms with Crippen molar-refractivity contribution in [3.8, 4) is 5.75 Å². The molecule has 0 radical (unpaired) electrons. The molecule has 1 saturated carbocycles. The predicted molar refractivity (Wildman–Crippen MR) is 140 cm³/mol. The summed E-state index contributed by atoms with van der Waals surface area (Å²) < 4.78 is 0. The molecule has 0 aromatic carbocycles. The second-order valence-corrected chi connectivity index (χ2v) is 10.7. The molecule has 2 fully saturated rings. The van der Waals surface area contributed by atoms with Crippen molar-refractivity contribution in [1.29, 1.82) is 0 Å². The van der Waals surface area contributed by atoms with Crippen LogP contribution in [-0.2, 0) is 20.8 Å². The van der Waals surface area contributed by atoms with Crippen LogP contribution in [0.5, 0.6) is 5.75 Å². The summed E-state index contributed by atoms with van der Waals surface area (Å²) in [5.74, 6) is -3.88. The molecule has 4 N–H and O–H groups in total. The predicted octanol–water partition coefficient (Wildman–Crippen LogP) is 0.851. The summed E-state index contributed by atoms with van der Waals surface area (Å²) in [6.07, 6.45) is 5.02. The number of carbonyl (C=O) groups is 4. The molecule has 1 saturated heterocycles. The normalized spacial score (nSPS) is 28.7. The summed E-state index contributed by atoms with van der Waals surface area (Å²) in [6, 6.07) is 3.57. The van der Waals surface area contributed by atoms with Gasteiger partial charge in [0.1, 0.15) is 11.8 Å². The summed E-state index contributed by atoms with van der Waals surface area (Å²) >= 11 is 0. The molecule has 4 rings (SSSR count). The molecule has 1 aliphatic heterocycles.